The Kier molecular flexibility index (Phi) is 8.97. The number of aromatic nitrogens is 4. The first-order chi connectivity index (χ1) is 21.2. The van der Waals surface area contributed by atoms with Crippen LogP contribution in [0, 0.1) is 30.4 Å². The van der Waals surface area contributed by atoms with Crippen LogP contribution in [0.25, 0.3) is 10.9 Å². The highest BCUT2D eigenvalue weighted by atomic mass is 19.2. The van der Waals surface area contributed by atoms with Crippen LogP contribution in [0.15, 0.2) is 71.7 Å². The molecule has 1 amide bonds. The SMILES string of the molecule is Cc1c(C(=O)NCC#Cc2cc(OCCN)c3nc(Nc4ccccc4)ncc3c2)c(=O)n(Cc2ccc(F)c(F)c2)n1C. The summed E-state index contributed by atoms with van der Waals surface area (Å²) in [5.74, 6) is 4.20. The quantitative estimate of drug-likeness (QED) is 0.221. The first kappa shape index (κ1) is 29.9. The molecule has 0 saturated carbocycles. The third-order valence-corrected chi connectivity index (χ3v) is 6.82. The number of carbonyl (C=O) groups is 1. The van der Waals surface area contributed by atoms with Crippen molar-refractivity contribution in [3.05, 3.63) is 111 Å². The van der Waals surface area contributed by atoms with Gasteiger partial charge in [-0.15, -0.1) is 0 Å². The lowest BCUT2D eigenvalue weighted by molar-refractivity contribution is 0.0956. The molecule has 2 heterocycles. The monoisotopic (exact) mass is 597 g/mol. The Bertz CT molecular complexity index is 1960. The van der Waals surface area contributed by atoms with Crippen LogP contribution in [0.3, 0.4) is 0 Å². The van der Waals surface area contributed by atoms with E-state index in [2.05, 4.69) is 32.4 Å². The van der Waals surface area contributed by atoms with E-state index in [9.17, 15) is 18.4 Å². The smallest absolute Gasteiger partial charge is 0.280 e. The van der Waals surface area contributed by atoms with Gasteiger partial charge in [-0.2, -0.15) is 0 Å². The van der Waals surface area contributed by atoms with Gasteiger partial charge in [-0.1, -0.05) is 36.1 Å². The lowest BCUT2D eigenvalue weighted by Crippen LogP contribution is -2.31. The number of nitrogens with zero attached hydrogens (tertiary/aromatic N) is 4. The van der Waals surface area contributed by atoms with E-state index in [1.807, 2.05) is 36.4 Å². The standard InChI is InChI=1S/C32H29F2N7O3/c1-20-28(31(43)41(40(20)2)19-22-10-11-25(33)26(34)16-22)30(42)36-13-6-7-21-15-23-18-37-32(38-24-8-4-3-5-9-24)39-29(23)27(17-21)44-14-12-35/h3-5,8-11,15-18H,12-14,19,35H2,1-2H3,(H,36,42)(H,37,38,39). The van der Waals surface area contributed by atoms with Crippen molar-refractivity contribution < 1.29 is 18.3 Å². The van der Waals surface area contributed by atoms with Crippen molar-refractivity contribution >= 4 is 28.4 Å². The number of halogens is 2. The van der Waals surface area contributed by atoms with Gasteiger partial charge in [0.25, 0.3) is 11.5 Å². The van der Waals surface area contributed by atoms with E-state index in [0.717, 1.165) is 17.8 Å². The Morgan fingerprint density at radius 1 is 1.09 bits per heavy atom. The van der Waals surface area contributed by atoms with Crippen molar-refractivity contribution in [3.63, 3.8) is 0 Å². The van der Waals surface area contributed by atoms with Crippen LogP contribution in [-0.4, -0.2) is 44.9 Å². The zero-order valence-electron chi connectivity index (χ0n) is 24.0. The Morgan fingerprint density at radius 2 is 1.89 bits per heavy atom. The van der Waals surface area contributed by atoms with Gasteiger partial charge in [0.15, 0.2) is 11.6 Å². The number of hydrogen-bond donors (Lipinski definition) is 3. The fraction of sp³-hybridized carbons (Fsp3) is 0.188. The number of rotatable bonds is 9. The lowest BCUT2D eigenvalue weighted by atomic mass is 10.1. The number of para-hydroxylation sites is 1. The molecule has 0 bridgehead atoms. The fourth-order valence-electron chi connectivity index (χ4n) is 4.55. The van der Waals surface area contributed by atoms with E-state index in [1.165, 1.54) is 15.4 Å². The number of amides is 1. The Balaban J connectivity index is 1.32. The molecule has 2 aromatic heterocycles. The number of nitrogens with one attached hydrogen (secondary N) is 2. The molecule has 0 unspecified atom stereocenters. The van der Waals surface area contributed by atoms with Gasteiger partial charge in [-0.05, 0) is 48.9 Å². The molecular weight excluding hydrogens is 568 g/mol. The largest absolute Gasteiger partial charge is 0.490 e. The molecule has 0 spiro atoms. The van der Waals surface area contributed by atoms with Gasteiger partial charge in [0.2, 0.25) is 5.95 Å². The summed E-state index contributed by atoms with van der Waals surface area (Å²) < 4.78 is 35.6. The molecule has 5 aromatic rings. The molecule has 0 radical (unpaired) electrons. The van der Waals surface area contributed by atoms with Crippen LogP contribution >= 0.6 is 0 Å². The molecule has 10 nitrogen and oxygen atoms in total. The Hall–Kier alpha value is -5.54. The summed E-state index contributed by atoms with van der Waals surface area (Å²) in [7, 11) is 1.61. The molecule has 0 aliphatic heterocycles. The highest BCUT2D eigenvalue weighted by Gasteiger charge is 2.21. The van der Waals surface area contributed by atoms with E-state index in [1.54, 1.807) is 26.2 Å². The predicted octanol–water partition coefficient (Wildman–Crippen LogP) is 3.63. The minimum Gasteiger partial charge on any atom is -0.490 e. The second kappa shape index (κ2) is 13.2. The lowest BCUT2D eigenvalue weighted by Gasteiger charge is -2.10. The number of anilines is 2. The van der Waals surface area contributed by atoms with Gasteiger partial charge in [0.1, 0.15) is 23.4 Å². The van der Waals surface area contributed by atoms with Crippen molar-refractivity contribution in [1.29, 1.82) is 0 Å². The van der Waals surface area contributed by atoms with Crippen LogP contribution in [0.1, 0.15) is 27.2 Å². The van der Waals surface area contributed by atoms with Gasteiger partial charge in [-0.25, -0.2) is 23.4 Å². The maximum absolute atomic E-state index is 13.7. The van der Waals surface area contributed by atoms with Crippen molar-refractivity contribution in [2.75, 3.05) is 25.0 Å². The minimum absolute atomic E-state index is 0.0372. The predicted molar refractivity (Wildman–Crippen MR) is 163 cm³/mol. The highest BCUT2D eigenvalue weighted by molar-refractivity contribution is 5.95. The van der Waals surface area contributed by atoms with Gasteiger partial charge < -0.3 is 21.1 Å². The van der Waals surface area contributed by atoms with Crippen LogP contribution < -0.4 is 26.7 Å². The van der Waals surface area contributed by atoms with E-state index in [-0.39, 0.29) is 25.3 Å². The van der Waals surface area contributed by atoms with E-state index >= 15 is 0 Å². The zero-order chi connectivity index (χ0) is 31.2. The summed E-state index contributed by atoms with van der Waals surface area (Å²) in [6.07, 6.45) is 1.67. The minimum atomic E-state index is -1.01. The van der Waals surface area contributed by atoms with Crippen LogP contribution in [0.5, 0.6) is 5.75 Å². The van der Waals surface area contributed by atoms with Gasteiger partial charge >= 0.3 is 0 Å². The molecule has 224 valence electrons. The van der Waals surface area contributed by atoms with Crippen molar-refractivity contribution in [1.82, 2.24) is 24.6 Å². The number of benzene rings is 3. The fourth-order valence-corrected chi connectivity index (χ4v) is 4.55. The van der Waals surface area contributed by atoms with Crippen molar-refractivity contribution in [2.45, 2.75) is 13.5 Å². The van der Waals surface area contributed by atoms with Crippen molar-refractivity contribution in [3.8, 4) is 17.6 Å². The van der Waals surface area contributed by atoms with Gasteiger partial charge in [-0.3, -0.25) is 14.3 Å². The average Bonchev–Trinajstić information content (AvgIpc) is 3.23. The summed E-state index contributed by atoms with van der Waals surface area (Å²) in [4.78, 5) is 35.0. The number of fused-ring (bicyclic) bond motifs is 1. The molecule has 0 aliphatic carbocycles. The molecule has 12 heteroatoms. The van der Waals surface area contributed by atoms with E-state index in [4.69, 9.17) is 10.5 Å². The second-order valence-electron chi connectivity index (χ2n) is 9.81. The summed E-state index contributed by atoms with van der Waals surface area (Å²) in [5, 5.41) is 6.53. The van der Waals surface area contributed by atoms with Gasteiger partial charge in [0.05, 0.1) is 13.1 Å². The van der Waals surface area contributed by atoms with Crippen LogP contribution in [-0.2, 0) is 13.6 Å². The van der Waals surface area contributed by atoms with E-state index in [0.29, 0.717) is 46.0 Å². The first-order valence-corrected chi connectivity index (χ1v) is 13.7. The highest BCUT2D eigenvalue weighted by Crippen LogP contribution is 2.27. The number of hydrogen-bond acceptors (Lipinski definition) is 7. The Labute approximate surface area is 251 Å². The third kappa shape index (κ3) is 6.58. The molecular formula is C32H29F2N7O3. The molecule has 0 saturated heterocycles. The molecule has 0 fully saturated rings. The molecule has 4 N–H and O–H groups in total. The molecule has 0 atom stereocenters. The second-order valence-corrected chi connectivity index (χ2v) is 9.81. The number of nitrogens with two attached hydrogens (primary N) is 1. The summed E-state index contributed by atoms with van der Waals surface area (Å²) in [5.41, 5.74) is 7.87. The van der Waals surface area contributed by atoms with Gasteiger partial charge in [0, 0.05) is 42.1 Å². The maximum Gasteiger partial charge on any atom is 0.280 e. The van der Waals surface area contributed by atoms with Crippen molar-refractivity contribution in [2.24, 2.45) is 12.8 Å². The zero-order valence-corrected chi connectivity index (χ0v) is 24.0. The molecule has 0 aliphatic rings. The molecule has 5 rings (SSSR count). The Morgan fingerprint density at radius 3 is 2.64 bits per heavy atom. The van der Waals surface area contributed by atoms with Crippen LogP contribution in [0.4, 0.5) is 20.4 Å². The van der Waals surface area contributed by atoms with Crippen LogP contribution in [0.2, 0.25) is 0 Å². The normalized spacial score (nSPS) is 10.8. The topological polar surface area (TPSA) is 129 Å². The number of carbonyl (C=O) groups excluding carboxylic acids is 1. The van der Waals surface area contributed by atoms with E-state index < -0.39 is 23.1 Å². The molecule has 44 heavy (non-hydrogen) atoms. The molecule has 3 aromatic carbocycles. The summed E-state index contributed by atoms with van der Waals surface area (Å²) in [6, 6.07) is 16.5. The first-order valence-electron chi connectivity index (χ1n) is 13.7. The summed E-state index contributed by atoms with van der Waals surface area (Å²) in [6.45, 7) is 2.14. The maximum atomic E-state index is 13.7. The summed E-state index contributed by atoms with van der Waals surface area (Å²) >= 11 is 0. The third-order valence-electron chi connectivity index (χ3n) is 6.82. The average molecular weight is 598 g/mol. The number of ether oxygens (including phenoxy) is 1.